The van der Waals surface area contributed by atoms with E-state index in [9.17, 15) is 14.3 Å². The Bertz CT molecular complexity index is 633. The molecule has 0 saturated carbocycles. The fourth-order valence-corrected chi connectivity index (χ4v) is 2.15. The first kappa shape index (κ1) is 15.5. The van der Waals surface area contributed by atoms with E-state index in [0.29, 0.717) is 10.6 Å². The monoisotopic (exact) mass is 307 g/mol. The van der Waals surface area contributed by atoms with Gasteiger partial charge in [-0.2, -0.15) is 0 Å². The van der Waals surface area contributed by atoms with Gasteiger partial charge in [-0.25, -0.2) is 4.39 Å². The summed E-state index contributed by atoms with van der Waals surface area (Å²) in [5.41, 5.74) is 0.868. The molecule has 0 aliphatic heterocycles. The topological polar surface area (TPSA) is 49.3 Å². The van der Waals surface area contributed by atoms with Gasteiger partial charge < -0.3 is 10.4 Å². The first-order chi connectivity index (χ1) is 10.1. The van der Waals surface area contributed by atoms with Crippen molar-refractivity contribution in [2.45, 2.75) is 12.5 Å². The zero-order valence-electron chi connectivity index (χ0n) is 11.2. The second kappa shape index (κ2) is 7.20. The third kappa shape index (κ3) is 4.28. The quantitative estimate of drug-likeness (QED) is 0.892. The van der Waals surface area contributed by atoms with E-state index in [1.165, 1.54) is 12.1 Å². The summed E-state index contributed by atoms with van der Waals surface area (Å²) in [5, 5.41) is 13.0. The summed E-state index contributed by atoms with van der Waals surface area (Å²) in [5.74, 6) is -0.774. The highest BCUT2D eigenvalue weighted by Gasteiger charge is 2.14. The summed E-state index contributed by atoms with van der Waals surface area (Å²) >= 11 is 5.97. The number of benzene rings is 2. The van der Waals surface area contributed by atoms with E-state index in [0.717, 1.165) is 0 Å². The summed E-state index contributed by atoms with van der Waals surface area (Å²) in [4.78, 5) is 11.8. The number of hydrogen-bond donors (Lipinski definition) is 2. The summed E-state index contributed by atoms with van der Waals surface area (Å²) in [6, 6.07) is 13.0. The average molecular weight is 308 g/mol. The van der Waals surface area contributed by atoms with Crippen molar-refractivity contribution in [3.63, 3.8) is 0 Å². The van der Waals surface area contributed by atoms with Gasteiger partial charge in [-0.15, -0.1) is 0 Å². The van der Waals surface area contributed by atoms with Gasteiger partial charge in [0.15, 0.2) is 0 Å². The van der Waals surface area contributed by atoms with Gasteiger partial charge >= 0.3 is 0 Å². The number of halogens is 2. The Hall–Kier alpha value is -1.91. The van der Waals surface area contributed by atoms with Gasteiger partial charge in [0.05, 0.1) is 12.5 Å². The van der Waals surface area contributed by atoms with Crippen molar-refractivity contribution in [3.8, 4) is 0 Å². The molecule has 5 heteroatoms. The molecule has 110 valence electrons. The van der Waals surface area contributed by atoms with Crippen molar-refractivity contribution in [1.29, 1.82) is 0 Å². The number of aliphatic hydroxyl groups is 1. The Labute approximate surface area is 127 Å². The molecule has 2 rings (SSSR count). The molecule has 1 unspecified atom stereocenters. The van der Waals surface area contributed by atoms with E-state index >= 15 is 0 Å². The van der Waals surface area contributed by atoms with Crippen molar-refractivity contribution in [1.82, 2.24) is 5.32 Å². The zero-order chi connectivity index (χ0) is 15.2. The van der Waals surface area contributed by atoms with Gasteiger partial charge in [-0.05, 0) is 17.7 Å². The number of hydrogen-bond acceptors (Lipinski definition) is 2. The number of nitrogens with one attached hydrogen (secondary N) is 1. The number of carbonyl (C=O) groups is 1. The largest absolute Gasteiger partial charge is 0.386 e. The third-order valence-electron chi connectivity index (χ3n) is 3.07. The molecule has 0 radical (unpaired) electrons. The molecule has 1 amide bonds. The number of carbonyl (C=O) groups excluding carboxylic acids is 1. The highest BCUT2D eigenvalue weighted by Crippen LogP contribution is 2.17. The highest BCUT2D eigenvalue weighted by molar-refractivity contribution is 6.31. The summed E-state index contributed by atoms with van der Waals surface area (Å²) < 4.78 is 13.5. The molecular weight excluding hydrogens is 293 g/mol. The van der Waals surface area contributed by atoms with Crippen LogP contribution in [0.2, 0.25) is 5.02 Å². The number of rotatable bonds is 5. The molecule has 0 saturated heterocycles. The third-order valence-corrected chi connectivity index (χ3v) is 3.43. The molecular formula is C16H15ClFNO2. The van der Waals surface area contributed by atoms with Crippen LogP contribution in [0.1, 0.15) is 17.2 Å². The van der Waals surface area contributed by atoms with E-state index in [1.54, 1.807) is 36.4 Å². The standard InChI is InChI=1S/C16H15ClFNO2/c17-13-7-3-1-5-11(13)9-16(21)19-10-15(20)12-6-2-4-8-14(12)18/h1-8,15,20H,9-10H2,(H,19,21). The lowest BCUT2D eigenvalue weighted by molar-refractivity contribution is -0.120. The van der Waals surface area contributed by atoms with Crippen LogP contribution in [0.25, 0.3) is 0 Å². The van der Waals surface area contributed by atoms with E-state index in [1.807, 2.05) is 0 Å². The molecule has 21 heavy (non-hydrogen) atoms. The smallest absolute Gasteiger partial charge is 0.224 e. The number of aliphatic hydroxyl groups excluding tert-OH is 1. The van der Waals surface area contributed by atoms with Crippen LogP contribution >= 0.6 is 11.6 Å². The molecule has 0 bridgehead atoms. The zero-order valence-corrected chi connectivity index (χ0v) is 12.0. The molecule has 0 heterocycles. The Morgan fingerprint density at radius 1 is 1.19 bits per heavy atom. The van der Waals surface area contributed by atoms with Crippen LogP contribution in [0, 0.1) is 5.82 Å². The molecule has 0 spiro atoms. The summed E-state index contributed by atoms with van der Waals surface area (Å²) in [6.45, 7) is -0.0514. The fourth-order valence-electron chi connectivity index (χ4n) is 1.94. The maximum absolute atomic E-state index is 13.5. The van der Waals surface area contributed by atoms with Crippen LogP contribution in [0.4, 0.5) is 4.39 Å². The van der Waals surface area contributed by atoms with Crippen LogP contribution in [0.5, 0.6) is 0 Å². The lowest BCUT2D eigenvalue weighted by atomic mass is 10.1. The highest BCUT2D eigenvalue weighted by atomic mass is 35.5. The van der Waals surface area contributed by atoms with Crippen LogP contribution in [-0.2, 0) is 11.2 Å². The minimum atomic E-state index is -1.08. The van der Waals surface area contributed by atoms with Crippen LogP contribution < -0.4 is 5.32 Å². The predicted molar refractivity (Wildman–Crippen MR) is 79.5 cm³/mol. The van der Waals surface area contributed by atoms with E-state index in [4.69, 9.17) is 11.6 Å². The molecule has 2 N–H and O–H groups in total. The van der Waals surface area contributed by atoms with Gasteiger partial charge in [-0.3, -0.25) is 4.79 Å². The van der Waals surface area contributed by atoms with E-state index in [2.05, 4.69) is 5.32 Å². The average Bonchev–Trinajstić information content (AvgIpc) is 2.48. The van der Waals surface area contributed by atoms with Crippen LogP contribution in [0.3, 0.4) is 0 Å². The molecule has 0 aliphatic rings. The summed E-state index contributed by atoms with van der Waals surface area (Å²) in [7, 11) is 0. The van der Waals surface area contributed by atoms with E-state index < -0.39 is 11.9 Å². The lowest BCUT2D eigenvalue weighted by Crippen LogP contribution is -2.30. The predicted octanol–water partition coefficient (Wildman–Crippen LogP) is 2.87. The van der Waals surface area contributed by atoms with Crippen molar-refractivity contribution in [2.24, 2.45) is 0 Å². The minimum Gasteiger partial charge on any atom is -0.386 e. The maximum Gasteiger partial charge on any atom is 0.224 e. The van der Waals surface area contributed by atoms with E-state index in [-0.39, 0.29) is 24.4 Å². The SMILES string of the molecule is O=C(Cc1ccccc1Cl)NCC(O)c1ccccc1F. The molecule has 2 aromatic rings. The Morgan fingerprint density at radius 3 is 2.57 bits per heavy atom. The first-order valence-electron chi connectivity index (χ1n) is 6.50. The first-order valence-corrected chi connectivity index (χ1v) is 6.88. The van der Waals surface area contributed by atoms with Gasteiger partial charge in [0, 0.05) is 17.1 Å². The molecule has 0 fully saturated rings. The van der Waals surface area contributed by atoms with Crippen LogP contribution in [-0.4, -0.2) is 17.6 Å². The maximum atomic E-state index is 13.5. The molecule has 3 nitrogen and oxygen atoms in total. The fraction of sp³-hybridized carbons (Fsp3) is 0.188. The van der Waals surface area contributed by atoms with Crippen molar-refractivity contribution >= 4 is 17.5 Å². The minimum absolute atomic E-state index is 0.0514. The van der Waals surface area contributed by atoms with Gasteiger partial charge in [0.2, 0.25) is 5.91 Å². The van der Waals surface area contributed by atoms with Gasteiger partial charge in [0.1, 0.15) is 5.82 Å². The summed E-state index contributed by atoms with van der Waals surface area (Å²) in [6.07, 6.45) is -0.967. The second-order valence-corrected chi connectivity index (χ2v) is 5.02. The molecule has 0 aliphatic carbocycles. The lowest BCUT2D eigenvalue weighted by Gasteiger charge is -2.13. The molecule has 1 atom stereocenters. The normalized spacial score (nSPS) is 12.0. The second-order valence-electron chi connectivity index (χ2n) is 4.61. The molecule has 0 aromatic heterocycles. The Kier molecular flexibility index (Phi) is 5.31. The van der Waals surface area contributed by atoms with Crippen molar-refractivity contribution in [2.75, 3.05) is 6.54 Å². The molecule has 2 aromatic carbocycles. The van der Waals surface area contributed by atoms with Crippen molar-refractivity contribution < 1.29 is 14.3 Å². The number of amides is 1. The van der Waals surface area contributed by atoms with Crippen molar-refractivity contribution in [3.05, 3.63) is 70.5 Å². The van der Waals surface area contributed by atoms with Crippen LogP contribution in [0.15, 0.2) is 48.5 Å². The van der Waals surface area contributed by atoms with Gasteiger partial charge in [0.25, 0.3) is 0 Å². The van der Waals surface area contributed by atoms with Gasteiger partial charge in [-0.1, -0.05) is 48.0 Å². The Balaban J connectivity index is 1.90. The Morgan fingerprint density at radius 2 is 1.86 bits per heavy atom.